The lowest BCUT2D eigenvalue weighted by molar-refractivity contribution is 0.248. The fourth-order valence-electron chi connectivity index (χ4n) is 2.81. The molecule has 1 atom stereocenters. The summed E-state index contributed by atoms with van der Waals surface area (Å²) in [5.41, 5.74) is 2.36. The van der Waals surface area contributed by atoms with Gasteiger partial charge in [0.1, 0.15) is 5.82 Å². The summed E-state index contributed by atoms with van der Waals surface area (Å²) in [6.45, 7) is 5.46. The van der Waals surface area contributed by atoms with Crippen LogP contribution >= 0.6 is 0 Å². The Kier molecular flexibility index (Phi) is 5.28. The summed E-state index contributed by atoms with van der Waals surface area (Å²) in [6.07, 6.45) is 4.61. The Bertz CT molecular complexity index is 405. The number of hydrogen-bond acceptors (Lipinski definition) is 4. The lowest BCUT2D eigenvalue weighted by Gasteiger charge is -2.29. The summed E-state index contributed by atoms with van der Waals surface area (Å²) in [5.74, 6) is 1.60. The minimum absolute atomic E-state index is 0.587. The van der Waals surface area contributed by atoms with Gasteiger partial charge in [-0.05, 0) is 59.4 Å². The van der Waals surface area contributed by atoms with E-state index in [1.54, 1.807) is 0 Å². The standard InChI is InChI=1S/C15H26N4/c1-12-10-14(13-6-5-9-19(3)11-13)18-15(17-12)7-4-8-16-2/h10,13,16H,4-9,11H2,1-3H3. The first-order chi connectivity index (χ1) is 9.19. The number of nitrogens with zero attached hydrogens (tertiary/aromatic N) is 3. The molecule has 0 radical (unpaired) electrons. The van der Waals surface area contributed by atoms with E-state index < -0.39 is 0 Å². The van der Waals surface area contributed by atoms with E-state index in [9.17, 15) is 0 Å². The van der Waals surface area contributed by atoms with E-state index in [1.165, 1.54) is 25.1 Å². The van der Waals surface area contributed by atoms with Gasteiger partial charge in [0, 0.05) is 30.3 Å². The van der Waals surface area contributed by atoms with Crippen LogP contribution in [0.2, 0.25) is 0 Å². The van der Waals surface area contributed by atoms with Gasteiger partial charge in [-0.15, -0.1) is 0 Å². The second-order valence-electron chi connectivity index (χ2n) is 5.66. The molecule has 1 fully saturated rings. The van der Waals surface area contributed by atoms with Crippen molar-refractivity contribution in [1.29, 1.82) is 0 Å². The number of aryl methyl sites for hydroxylation is 2. The van der Waals surface area contributed by atoms with Crippen molar-refractivity contribution in [2.24, 2.45) is 0 Å². The molecule has 0 amide bonds. The maximum atomic E-state index is 4.80. The molecule has 0 spiro atoms. The number of nitrogens with one attached hydrogen (secondary N) is 1. The average Bonchev–Trinajstić information content (AvgIpc) is 2.38. The van der Waals surface area contributed by atoms with Crippen LogP contribution in [0.1, 0.15) is 42.4 Å². The summed E-state index contributed by atoms with van der Waals surface area (Å²) in [5, 5.41) is 3.17. The van der Waals surface area contributed by atoms with Gasteiger partial charge in [-0.3, -0.25) is 0 Å². The zero-order valence-corrected chi connectivity index (χ0v) is 12.4. The molecule has 1 N–H and O–H groups in total. The summed E-state index contributed by atoms with van der Waals surface area (Å²) >= 11 is 0. The molecule has 4 heteroatoms. The zero-order chi connectivity index (χ0) is 13.7. The zero-order valence-electron chi connectivity index (χ0n) is 12.4. The highest BCUT2D eigenvalue weighted by molar-refractivity contribution is 5.15. The third-order valence-corrected chi connectivity index (χ3v) is 3.79. The van der Waals surface area contributed by atoms with Crippen molar-refractivity contribution in [2.45, 2.75) is 38.5 Å². The molecule has 1 aromatic heterocycles. The third-order valence-electron chi connectivity index (χ3n) is 3.79. The van der Waals surface area contributed by atoms with Crippen LogP contribution in [0.3, 0.4) is 0 Å². The van der Waals surface area contributed by atoms with Gasteiger partial charge >= 0.3 is 0 Å². The van der Waals surface area contributed by atoms with Crippen molar-refractivity contribution >= 4 is 0 Å². The van der Waals surface area contributed by atoms with Gasteiger partial charge in [0.25, 0.3) is 0 Å². The monoisotopic (exact) mass is 262 g/mol. The Morgan fingerprint density at radius 3 is 3.00 bits per heavy atom. The molecule has 0 bridgehead atoms. The van der Waals surface area contributed by atoms with Crippen LogP contribution in [0.5, 0.6) is 0 Å². The maximum absolute atomic E-state index is 4.80. The molecule has 1 unspecified atom stereocenters. The van der Waals surface area contributed by atoms with E-state index in [0.29, 0.717) is 5.92 Å². The molecule has 0 aromatic carbocycles. The first kappa shape index (κ1) is 14.4. The molecule has 1 aliphatic heterocycles. The highest BCUT2D eigenvalue weighted by Gasteiger charge is 2.20. The summed E-state index contributed by atoms with van der Waals surface area (Å²) in [7, 11) is 4.19. The highest BCUT2D eigenvalue weighted by Crippen LogP contribution is 2.25. The maximum Gasteiger partial charge on any atom is 0.128 e. The lowest BCUT2D eigenvalue weighted by atomic mass is 9.94. The second kappa shape index (κ2) is 6.96. The normalized spacial score (nSPS) is 20.7. The highest BCUT2D eigenvalue weighted by atomic mass is 15.1. The predicted octanol–water partition coefficient (Wildman–Crippen LogP) is 1.75. The summed E-state index contributed by atoms with van der Waals surface area (Å²) in [6, 6.07) is 2.17. The van der Waals surface area contributed by atoms with Crippen molar-refractivity contribution in [3.05, 3.63) is 23.3 Å². The van der Waals surface area contributed by atoms with Gasteiger partial charge in [-0.1, -0.05) is 0 Å². The van der Waals surface area contributed by atoms with E-state index in [1.807, 2.05) is 7.05 Å². The molecule has 2 rings (SSSR count). The van der Waals surface area contributed by atoms with Gasteiger partial charge < -0.3 is 10.2 Å². The van der Waals surface area contributed by atoms with Crippen LogP contribution < -0.4 is 5.32 Å². The van der Waals surface area contributed by atoms with Gasteiger partial charge in [0.15, 0.2) is 0 Å². The Morgan fingerprint density at radius 1 is 1.42 bits per heavy atom. The number of likely N-dealkylation sites (tertiary alicyclic amines) is 1. The molecule has 0 saturated carbocycles. The van der Waals surface area contributed by atoms with Crippen molar-refractivity contribution in [3.63, 3.8) is 0 Å². The lowest BCUT2D eigenvalue weighted by Crippen LogP contribution is -2.31. The largest absolute Gasteiger partial charge is 0.320 e. The minimum atomic E-state index is 0.587. The molecule has 1 aromatic rings. The van der Waals surface area contributed by atoms with E-state index in [-0.39, 0.29) is 0 Å². The fraction of sp³-hybridized carbons (Fsp3) is 0.733. The molecule has 4 nitrogen and oxygen atoms in total. The van der Waals surface area contributed by atoms with Crippen LogP contribution in [0.4, 0.5) is 0 Å². The molecule has 19 heavy (non-hydrogen) atoms. The SMILES string of the molecule is CNCCCc1nc(C)cc(C2CCCN(C)C2)n1. The van der Waals surface area contributed by atoms with Crippen molar-refractivity contribution in [2.75, 3.05) is 33.7 Å². The molecule has 2 heterocycles. The molecule has 1 saturated heterocycles. The van der Waals surface area contributed by atoms with Gasteiger partial charge in [-0.2, -0.15) is 0 Å². The van der Waals surface area contributed by atoms with Gasteiger partial charge in [-0.25, -0.2) is 9.97 Å². The van der Waals surface area contributed by atoms with E-state index >= 15 is 0 Å². The minimum Gasteiger partial charge on any atom is -0.320 e. The smallest absolute Gasteiger partial charge is 0.128 e. The third kappa shape index (κ3) is 4.25. The van der Waals surface area contributed by atoms with Crippen LogP contribution in [0.15, 0.2) is 6.07 Å². The number of piperidine rings is 1. The van der Waals surface area contributed by atoms with Crippen molar-refractivity contribution < 1.29 is 0 Å². The van der Waals surface area contributed by atoms with Crippen molar-refractivity contribution in [3.8, 4) is 0 Å². The van der Waals surface area contributed by atoms with Crippen molar-refractivity contribution in [1.82, 2.24) is 20.2 Å². The van der Waals surface area contributed by atoms with Crippen LogP contribution in [0, 0.1) is 6.92 Å². The quantitative estimate of drug-likeness (QED) is 0.821. The molecular weight excluding hydrogens is 236 g/mol. The van der Waals surface area contributed by atoms with Crippen LogP contribution in [-0.2, 0) is 6.42 Å². The van der Waals surface area contributed by atoms with E-state index in [0.717, 1.165) is 37.4 Å². The summed E-state index contributed by atoms with van der Waals surface area (Å²) in [4.78, 5) is 11.8. The average molecular weight is 262 g/mol. The fourth-order valence-corrected chi connectivity index (χ4v) is 2.81. The molecule has 106 valence electrons. The van der Waals surface area contributed by atoms with E-state index in [4.69, 9.17) is 4.98 Å². The predicted molar refractivity (Wildman–Crippen MR) is 78.5 cm³/mol. The topological polar surface area (TPSA) is 41.1 Å². The van der Waals surface area contributed by atoms with Crippen LogP contribution in [-0.4, -0.2) is 48.6 Å². The number of rotatable bonds is 5. The number of aromatic nitrogens is 2. The Balaban J connectivity index is 2.07. The number of hydrogen-bond donors (Lipinski definition) is 1. The van der Waals surface area contributed by atoms with Crippen LogP contribution in [0.25, 0.3) is 0 Å². The Hall–Kier alpha value is -1.00. The summed E-state index contributed by atoms with van der Waals surface area (Å²) < 4.78 is 0. The first-order valence-corrected chi connectivity index (χ1v) is 7.36. The first-order valence-electron chi connectivity index (χ1n) is 7.36. The molecule has 0 aliphatic carbocycles. The van der Waals surface area contributed by atoms with Gasteiger partial charge in [0.2, 0.25) is 0 Å². The number of likely N-dealkylation sites (N-methyl/N-ethyl adjacent to an activating group) is 1. The molecule has 1 aliphatic rings. The van der Waals surface area contributed by atoms with Gasteiger partial charge in [0.05, 0.1) is 0 Å². The Morgan fingerprint density at radius 2 is 2.26 bits per heavy atom. The molecular formula is C15H26N4. The second-order valence-corrected chi connectivity index (χ2v) is 5.66. The van der Waals surface area contributed by atoms with E-state index in [2.05, 4.69) is 35.2 Å². The Labute approximate surface area is 116 Å².